The third-order valence-electron chi connectivity index (χ3n) is 1.47. The van der Waals surface area contributed by atoms with Crippen LogP contribution in [0.4, 0.5) is 4.79 Å². The van der Waals surface area contributed by atoms with Crippen LogP contribution in [0, 0.1) is 0 Å². The lowest BCUT2D eigenvalue weighted by Gasteiger charge is -2.04. The van der Waals surface area contributed by atoms with Crippen molar-refractivity contribution >= 4 is 6.09 Å². The molecule has 0 aliphatic carbocycles. The van der Waals surface area contributed by atoms with Crippen LogP contribution in [0.1, 0.15) is 12.6 Å². The minimum absolute atomic E-state index is 0.377. The summed E-state index contributed by atoms with van der Waals surface area (Å²) in [5.74, 6) is 0.377. The molecule has 1 amide bonds. The number of aromatic amines is 1. The second-order valence-electron chi connectivity index (χ2n) is 2.83. The van der Waals surface area contributed by atoms with Crippen molar-refractivity contribution in [3.8, 4) is 0 Å². The van der Waals surface area contributed by atoms with Gasteiger partial charge < -0.3 is 15.0 Å². The molecule has 0 aromatic carbocycles. The van der Waals surface area contributed by atoms with E-state index in [0.29, 0.717) is 18.7 Å². The van der Waals surface area contributed by atoms with Gasteiger partial charge in [-0.2, -0.15) is 0 Å². The quantitative estimate of drug-likeness (QED) is 0.709. The summed E-state index contributed by atoms with van der Waals surface area (Å²) in [5, 5.41) is 2.58. The highest BCUT2D eigenvalue weighted by Gasteiger charge is 2.01. The summed E-state index contributed by atoms with van der Waals surface area (Å²) in [6, 6.07) is 0. The zero-order valence-electron chi connectivity index (χ0n) is 8.04. The Bertz CT molecular complexity index is 306. The molecule has 0 fully saturated rings. The zero-order valence-corrected chi connectivity index (χ0v) is 8.04. The van der Waals surface area contributed by atoms with Crippen LogP contribution in [-0.2, 0) is 11.2 Å². The monoisotopic (exact) mass is 195 g/mol. The Kier molecular flexibility index (Phi) is 3.72. The summed E-state index contributed by atoms with van der Waals surface area (Å²) in [4.78, 5) is 17.8. The van der Waals surface area contributed by atoms with Crippen LogP contribution in [-0.4, -0.2) is 22.6 Å². The van der Waals surface area contributed by atoms with Gasteiger partial charge in [0.25, 0.3) is 0 Å². The predicted octanol–water partition coefficient (Wildman–Crippen LogP) is 1.21. The first kappa shape index (κ1) is 10.3. The highest BCUT2D eigenvalue weighted by Crippen LogP contribution is 1.93. The van der Waals surface area contributed by atoms with Crippen molar-refractivity contribution in [3.05, 3.63) is 30.6 Å². The average molecular weight is 195 g/mol. The van der Waals surface area contributed by atoms with Crippen molar-refractivity contribution < 1.29 is 9.53 Å². The standard InChI is InChI=1S/C9H13N3O2/c1-7(2)14-9(13)11-4-3-8-5-10-6-12-8/h5-6H,1,3-4H2,2H3,(H,10,12)(H,11,13). The van der Waals surface area contributed by atoms with Gasteiger partial charge in [0.2, 0.25) is 0 Å². The van der Waals surface area contributed by atoms with Gasteiger partial charge in [-0.25, -0.2) is 9.78 Å². The third-order valence-corrected chi connectivity index (χ3v) is 1.47. The number of carbonyl (C=O) groups is 1. The Morgan fingerprint density at radius 2 is 2.57 bits per heavy atom. The number of nitrogens with zero attached hydrogens (tertiary/aromatic N) is 1. The molecule has 1 heterocycles. The van der Waals surface area contributed by atoms with Crippen LogP contribution in [0.2, 0.25) is 0 Å². The second kappa shape index (κ2) is 5.06. The van der Waals surface area contributed by atoms with Crippen molar-refractivity contribution in [2.24, 2.45) is 0 Å². The molecule has 0 aliphatic heterocycles. The van der Waals surface area contributed by atoms with Crippen molar-refractivity contribution in [3.63, 3.8) is 0 Å². The molecule has 1 aromatic rings. The van der Waals surface area contributed by atoms with Gasteiger partial charge in [-0.3, -0.25) is 0 Å². The number of hydrogen-bond donors (Lipinski definition) is 2. The molecule has 1 rings (SSSR count). The first-order chi connectivity index (χ1) is 6.68. The fraction of sp³-hybridized carbons (Fsp3) is 0.333. The highest BCUT2D eigenvalue weighted by atomic mass is 16.6. The Morgan fingerprint density at radius 3 is 3.14 bits per heavy atom. The third kappa shape index (κ3) is 3.75. The fourth-order valence-corrected chi connectivity index (χ4v) is 0.915. The van der Waals surface area contributed by atoms with Crippen molar-refractivity contribution in [2.45, 2.75) is 13.3 Å². The van der Waals surface area contributed by atoms with Crippen molar-refractivity contribution in [1.29, 1.82) is 0 Å². The summed E-state index contributed by atoms with van der Waals surface area (Å²) < 4.78 is 4.70. The van der Waals surface area contributed by atoms with E-state index in [1.54, 1.807) is 19.4 Å². The van der Waals surface area contributed by atoms with Gasteiger partial charge in [-0.1, -0.05) is 6.58 Å². The van der Waals surface area contributed by atoms with E-state index in [0.717, 1.165) is 5.69 Å². The Hall–Kier alpha value is -1.78. The number of alkyl carbamates (subject to hydrolysis) is 1. The molecule has 0 radical (unpaired) electrons. The molecule has 0 saturated carbocycles. The molecular weight excluding hydrogens is 182 g/mol. The van der Waals surface area contributed by atoms with E-state index >= 15 is 0 Å². The number of rotatable bonds is 4. The Balaban J connectivity index is 2.15. The number of aromatic nitrogens is 2. The maximum atomic E-state index is 11.0. The Labute approximate surface area is 82.2 Å². The lowest BCUT2D eigenvalue weighted by atomic mass is 10.3. The highest BCUT2D eigenvalue weighted by molar-refractivity contribution is 5.68. The van der Waals surface area contributed by atoms with Gasteiger partial charge in [-0.05, 0) is 6.92 Å². The lowest BCUT2D eigenvalue weighted by molar-refractivity contribution is 0.177. The van der Waals surface area contributed by atoms with Crippen LogP contribution in [0.15, 0.2) is 24.9 Å². The zero-order chi connectivity index (χ0) is 10.4. The first-order valence-electron chi connectivity index (χ1n) is 4.27. The minimum Gasteiger partial charge on any atom is -0.416 e. The van der Waals surface area contributed by atoms with E-state index in [2.05, 4.69) is 21.9 Å². The number of amides is 1. The molecule has 0 spiro atoms. The molecule has 0 saturated heterocycles. The summed E-state index contributed by atoms with van der Waals surface area (Å²) >= 11 is 0. The SMILES string of the molecule is C=C(C)OC(=O)NCCc1c[nH]cn1. The van der Waals surface area contributed by atoms with E-state index in [4.69, 9.17) is 4.74 Å². The van der Waals surface area contributed by atoms with Crippen molar-refractivity contribution in [1.82, 2.24) is 15.3 Å². The first-order valence-corrected chi connectivity index (χ1v) is 4.27. The lowest BCUT2D eigenvalue weighted by Crippen LogP contribution is -2.25. The number of hydrogen-bond acceptors (Lipinski definition) is 3. The molecule has 14 heavy (non-hydrogen) atoms. The topological polar surface area (TPSA) is 67.0 Å². The Morgan fingerprint density at radius 1 is 1.79 bits per heavy atom. The molecular formula is C9H13N3O2. The summed E-state index contributed by atoms with van der Waals surface area (Å²) in [6.45, 7) is 5.57. The van der Waals surface area contributed by atoms with Crippen LogP contribution < -0.4 is 5.32 Å². The maximum absolute atomic E-state index is 11.0. The smallest absolute Gasteiger partial charge is 0.412 e. The largest absolute Gasteiger partial charge is 0.416 e. The summed E-state index contributed by atoms with van der Waals surface area (Å²) in [7, 11) is 0. The van der Waals surface area contributed by atoms with Crippen LogP contribution in [0.3, 0.4) is 0 Å². The number of nitrogens with one attached hydrogen (secondary N) is 2. The number of H-pyrrole nitrogens is 1. The molecule has 0 bridgehead atoms. The van der Waals surface area contributed by atoms with Gasteiger partial charge in [0, 0.05) is 19.2 Å². The van der Waals surface area contributed by atoms with Crippen LogP contribution >= 0.6 is 0 Å². The predicted molar refractivity (Wildman–Crippen MR) is 51.6 cm³/mol. The van der Waals surface area contributed by atoms with Crippen LogP contribution in [0.25, 0.3) is 0 Å². The molecule has 1 aromatic heterocycles. The summed E-state index contributed by atoms with van der Waals surface area (Å²) in [5.41, 5.74) is 0.903. The van der Waals surface area contributed by atoms with E-state index in [-0.39, 0.29) is 0 Å². The molecule has 76 valence electrons. The van der Waals surface area contributed by atoms with Gasteiger partial charge >= 0.3 is 6.09 Å². The maximum Gasteiger partial charge on any atom is 0.412 e. The fourth-order valence-electron chi connectivity index (χ4n) is 0.915. The van der Waals surface area contributed by atoms with Gasteiger partial charge in [0.15, 0.2) is 0 Å². The molecule has 5 nitrogen and oxygen atoms in total. The second-order valence-corrected chi connectivity index (χ2v) is 2.83. The molecule has 0 unspecified atom stereocenters. The molecule has 5 heteroatoms. The van der Waals surface area contributed by atoms with Gasteiger partial charge in [-0.15, -0.1) is 0 Å². The van der Waals surface area contributed by atoms with E-state index in [1.807, 2.05) is 0 Å². The normalized spacial score (nSPS) is 9.50. The number of allylic oxidation sites excluding steroid dienone is 1. The molecule has 0 atom stereocenters. The summed E-state index contributed by atoms with van der Waals surface area (Å²) in [6.07, 6.45) is 3.58. The van der Waals surface area contributed by atoms with E-state index in [1.165, 1.54) is 0 Å². The van der Waals surface area contributed by atoms with E-state index in [9.17, 15) is 4.79 Å². The number of ether oxygens (including phenoxy) is 1. The minimum atomic E-state index is -0.479. The van der Waals surface area contributed by atoms with Gasteiger partial charge in [0.05, 0.1) is 17.8 Å². The molecule has 0 aliphatic rings. The average Bonchev–Trinajstić information content (AvgIpc) is 2.55. The number of carbonyl (C=O) groups excluding carboxylic acids is 1. The number of imidazole rings is 1. The van der Waals surface area contributed by atoms with Crippen molar-refractivity contribution in [2.75, 3.05) is 6.54 Å². The van der Waals surface area contributed by atoms with Crippen LogP contribution in [0.5, 0.6) is 0 Å². The van der Waals surface area contributed by atoms with E-state index < -0.39 is 6.09 Å². The molecule has 2 N–H and O–H groups in total. The van der Waals surface area contributed by atoms with Gasteiger partial charge in [0.1, 0.15) is 0 Å².